The number of thiophene rings is 1. The van der Waals surface area contributed by atoms with Crippen LogP contribution < -0.4 is 0 Å². The number of aromatic nitrogens is 4. The Hall–Kier alpha value is -6.43. The third-order valence-electron chi connectivity index (χ3n) is 9.47. The monoisotopic (exact) mass is 656 g/mol. The van der Waals surface area contributed by atoms with Gasteiger partial charge in [-0.15, -0.1) is 11.3 Å². The van der Waals surface area contributed by atoms with Crippen molar-refractivity contribution in [1.82, 2.24) is 19.5 Å². The highest BCUT2D eigenvalue weighted by Gasteiger charge is 2.21. The summed E-state index contributed by atoms with van der Waals surface area (Å²) in [6, 6.07) is 59.7. The van der Waals surface area contributed by atoms with Crippen molar-refractivity contribution in [3.8, 4) is 51.0 Å². The molecule has 0 bridgehead atoms. The Balaban J connectivity index is 1.30. The van der Waals surface area contributed by atoms with Gasteiger partial charge in [0.05, 0.1) is 16.7 Å². The lowest BCUT2D eigenvalue weighted by molar-refractivity contribution is 1.06. The Bertz CT molecular complexity index is 2760. The summed E-state index contributed by atoms with van der Waals surface area (Å²) in [5.74, 6) is 1.90. The lowest BCUT2D eigenvalue weighted by atomic mass is 9.99. The van der Waals surface area contributed by atoms with Gasteiger partial charge < -0.3 is 4.57 Å². The molecule has 50 heavy (non-hydrogen) atoms. The average molecular weight is 657 g/mol. The fraction of sp³-hybridized carbons (Fsp3) is 0. The van der Waals surface area contributed by atoms with Crippen molar-refractivity contribution in [2.75, 3.05) is 0 Å². The van der Waals surface area contributed by atoms with Gasteiger partial charge in [-0.1, -0.05) is 140 Å². The molecule has 10 rings (SSSR count). The summed E-state index contributed by atoms with van der Waals surface area (Å²) in [6.07, 6.45) is 0. The predicted molar refractivity (Wildman–Crippen MR) is 209 cm³/mol. The summed E-state index contributed by atoms with van der Waals surface area (Å²) in [4.78, 5) is 15.5. The summed E-state index contributed by atoms with van der Waals surface area (Å²) in [7, 11) is 0. The van der Waals surface area contributed by atoms with Crippen LogP contribution in [0.15, 0.2) is 170 Å². The van der Waals surface area contributed by atoms with Gasteiger partial charge in [-0.2, -0.15) is 0 Å². The minimum absolute atomic E-state index is 0.625. The van der Waals surface area contributed by atoms with Crippen LogP contribution in [-0.2, 0) is 0 Å². The van der Waals surface area contributed by atoms with E-state index in [1.54, 1.807) is 0 Å². The number of rotatable bonds is 5. The first-order chi connectivity index (χ1) is 24.8. The highest BCUT2D eigenvalue weighted by molar-refractivity contribution is 7.26. The van der Waals surface area contributed by atoms with Crippen molar-refractivity contribution in [2.24, 2.45) is 0 Å². The van der Waals surface area contributed by atoms with E-state index >= 15 is 0 Å². The number of fused-ring (bicyclic) bond motifs is 6. The summed E-state index contributed by atoms with van der Waals surface area (Å²) in [6.45, 7) is 0. The van der Waals surface area contributed by atoms with Crippen LogP contribution in [0.3, 0.4) is 0 Å². The van der Waals surface area contributed by atoms with Crippen LogP contribution in [0, 0.1) is 0 Å². The minimum atomic E-state index is 0.625. The zero-order valence-electron chi connectivity index (χ0n) is 26.9. The van der Waals surface area contributed by atoms with Crippen molar-refractivity contribution in [1.29, 1.82) is 0 Å². The molecular weight excluding hydrogens is 629 g/mol. The summed E-state index contributed by atoms with van der Waals surface area (Å²) in [5.41, 5.74) is 8.41. The first-order valence-electron chi connectivity index (χ1n) is 16.7. The third kappa shape index (κ3) is 4.63. The Morgan fingerprint density at radius 1 is 0.380 bits per heavy atom. The van der Waals surface area contributed by atoms with E-state index < -0.39 is 0 Å². The van der Waals surface area contributed by atoms with Crippen LogP contribution in [0.1, 0.15) is 0 Å². The van der Waals surface area contributed by atoms with Gasteiger partial charge in [-0.25, -0.2) is 15.0 Å². The topological polar surface area (TPSA) is 43.6 Å². The molecule has 0 spiro atoms. The predicted octanol–water partition coefficient (Wildman–Crippen LogP) is 12.0. The smallest absolute Gasteiger partial charge is 0.166 e. The molecule has 5 heteroatoms. The maximum atomic E-state index is 5.23. The molecule has 0 atom stereocenters. The van der Waals surface area contributed by atoms with E-state index in [9.17, 15) is 0 Å². The van der Waals surface area contributed by atoms with Gasteiger partial charge in [-0.3, -0.25) is 0 Å². The van der Waals surface area contributed by atoms with Crippen molar-refractivity contribution < 1.29 is 0 Å². The van der Waals surface area contributed by atoms with Crippen molar-refractivity contribution in [3.63, 3.8) is 0 Å². The number of nitrogens with zero attached hydrogens (tertiary/aromatic N) is 4. The molecule has 3 heterocycles. The summed E-state index contributed by atoms with van der Waals surface area (Å²) in [5, 5.41) is 4.97. The van der Waals surface area contributed by atoms with E-state index in [1.165, 1.54) is 36.5 Å². The van der Waals surface area contributed by atoms with Gasteiger partial charge in [0, 0.05) is 47.6 Å². The maximum absolute atomic E-state index is 5.23. The molecule has 0 radical (unpaired) electrons. The van der Waals surface area contributed by atoms with E-state index in [0.29, 0.717) is 17.5 Å². The molecule has 0 N–H and O–H groups in total. The van der Waals surface area contributed by atoms with Crippen LogP contribution in [0.2, 0.25) is 0 Å². The molecule has 0 aliphatic rings. The quantitative estimate of drug-likeness (QED) is 0.185. The Kier molecular flexibility index (Phi) is 6.64. The molecule has 7 aromatic carbocycles. The summed E-state index contributed by atoms with van der Waals surface area (Å²) < 4.78 is 4.92. The molecule has 3 aromatic heterocycles. The maximum Gasteiger partial charge on any atom is 0.166 e. The Labute approximate surface area is 292 Å². The minimum Gasteiger partial charge on any atom is -0.309 e. The van der Waals surface area contributed by atoms with Gasteiger partial charge in [0.15, 0.2) is 17.5 Å². The van der Waals surface area contributed by atoms with Gasteiger partial charge in [0.1, 0.15) is 0 Å². The molecule has 0 amide bonds. The molecule has 0 unspecified atom stereocenters. The Morgan fingerprint density at radius 2 is 0.920 bits per heavy atom. The highest BCUT2D eigenvalue weighted by atomic mass is 32.1. The molecule has 0 aliphatic heterocycles. The second kappa shape index (κ2) is 11.6. The van der Waals surface area contributed by atoms with Crippen LogP contribution >= 0.6 is 11.3 Å². The van der Waals surface area contributed by atoms with Crippen LogP contribution in [0.4, 0.5) is 0 Å². The SMILES string of the molecule is c1ccc(-c2nc(-c3ccccc3)nc(-c3cc(-c4cccc5c4sc4ccccc45)ccc3-n3c4ccccc4c4ccccc43)n2)cc1. The number of hydrogen-bond acceptors (Lipinski definition) is 4. The van der Waals surface area contributed by atoms with Gasteiger partial charge in [0.2, 0.25) is 0 Å². The van der Waals surface area contributed by atoms with E-state index in [0.717, 1.165) is 39.0 Å². The largest absolute Gasteiger partial charge is 0.309 e. The first-order valence-corrected chi connectivity index (χ1v) is 17.5. The lowest BCUT2D eigenvalue weighted by Gasteiger charge is -2.16. The molecule has 0 saturated carbocycles. The second-order valence-electron chi connectivity index (χ2n) is 12.4. The zero-order chi connectivity index (χ0) is 33.0. The Morgan fingerprint density at radius 3 is 1.58 bits per heavy atom. The first kappa shape index (κ1) is 28.6. The molecule has 10 aromatic rings. The molecule has 0 aliphatic carbocycles. The van der Waals surface area contributed by atoms with Crippen molar-refractivity contribution >= 4 is 53.3 Å². The highest BCUT2D eigenvalue weighted by Crippen LogP contribution is 2.42. The number of para-hydroxylation sites is 2. The van der Waals surface area contributed by atoms with E-state index in [4.69, 9.17) is 15.0 Å². The van der Waals surface area contributed by atoms with Crippen molar-refractivity contribution in [3.05, 3.63) is 170 Å². The zero-order valence-corrected chi connectivity index (χ0v) is 27.7. The molecule has 0 fully saturated rings. The normalized spacial score (nSPS) is 11.6. The van der Waals surface area contributed by atoms with Crippen LogP contribution in [-0.4, -0.2) is 19.5 Å². The third-order valence-corrected chi connectivity index (χ3v) is 10.7. The van der Waals surface area contributed by atoms with E-state index in [-0.39, 0.29) is 0 Å². The van der Waals surface area contributed by atoms with Crippen LogP contribution in [0.5, 0.6) is 0 Å². The fourth-order valence-corrected chi connectivity index (χ4v) is 8.40. The number of hydrogen-bond donors (Lipinski definition) is 0. The lowest BCUT2D eigenvalue weighted by Crippen LogP contribution is -2.04. The molecule has 234 valence electrons. The van der Waals surface area contributed by atoms with Gasteiger partial charge >= 0.3 is 0 Å². The fourth-order valence-electron chi connectivity index (χ4n) is 7.16. The molecular formula is C45H28N4S. The van der Waals surface area contributed by atoms with Gasteiger partial charge in [0.25, 0.3) is 0 Å². The second-order valence-corrected chi connectivity index (χ2v) is 13.5. The average Bonchev–Trinajstić information content (AvgIpc) is 3.74. The van der Waals surface area contributed by atoms with Gasteiger partial charge in [-0.05, 0) is 41.5 Å². The standard InChI is InChI=1S/C45H28N4S/c1-3-14-29(15-4-1)43-46-44(30-16-5-2-6-17-30)48-45(47-43)37-28-31(32-21-13-22-36-35-20-9-12-25-41(35)50-42(32)36)26-27-40(37)49-38-23-10-7-18-33(38)34-19-8-11-24-39(34)49/h1-28H. The summed E-state index contributed by atoms with van der Waals surface area (Å²) >= 11 is 1.84. The van der Waals surface area contributed by atoms with Crippen LogP contribution in [0.25, 0.3) is 93.0 Å². The number of benzene rings is 7. The van der Waals surface area contributed by atoms with E-state index in [1.807, 2.05) is 47.7 Å². The molecule has 4 nitrogen and oxygen atoms in total. The van der Waals surface area contributed by atoms with E-state index in [2.05, 4.69) is 138 Å². The van der Waals surface area contributed by atoms with Crippen molar-refractivity contribution in [2.45, 2.75) is 0 Å². The molecule has 0 saturated heterocycles.